The molecule has 0 radical (unpaired) electrons. The molecule has 0 aromatic heterocycles. The van der Waals surface area contributed by atoms with Crippen LogP contribution in [0.3, 0.4) is 0 Å². The average molecular weight is 456 g/mol. The molecule has 0 bridgehead atoms. The molecule has 0 aromatic carbocycles. The van der Waals surface area contributed by atoms with Gasteiger partial charge in [-0.15, -0.1) is 0 Å². The van der Waals surface area contributed by atoms with E-state index in [9.17, 15) is 14.4 Å². The minimum Gasteiger partial charge on any atom is -0.461 e. The number of carbonyl (C=O) groups is 3. The van der Waals surface area contributed by atoms with E-state index in [4.69, 9.17) is 14.2 Å². The predicted molar refractivity (Wildman–Crippen MR) is 124 cm³/mol. The van der Waals surface area contributed by atoms with Gasteiger partial charge in [0, 0.05) is 13.0 Å². The van der Waals surface area contributed by atoms with Crippen LogP contribution in [-0.2, 0) is 28.6 Å². The minimum absolute atomic E-state index is 0.240. The predicted octanol–water partition coefficient (Wildman–Crippen LogP) is 4.70. The van der Waals surface area contributed by atoms with Crippen molar-refractivity contribution in [3.8, 4) is 0 Å². The highest BCUT2D eigenvalue weighted by Gasteiger charge is 2.44. The summed E-state index contributed by atoms with van der Waals surface area (Å²) in [7, 11) is 0. The lowest BCUT2D eigenvalue weighted by Crippen LogP contribution is -2.50. The quantitative estimate of drug-likeness (QED) is 0.153. The molecule has 1 fully saturated rings. The summed E-state index contributed by atoms with van der Waals surface area (Å²) in [5, 5.41) is 2.43. The van der Waals surface area contributed by atoms with Crippen molar-refractivity contribution < 1.29 is 28.6 Å². The van der Waals surface area contributed by atoms with Crippen LogP contribution in [-0.4, -0.2) is 49.8 Å². The van der Waals surface area contributed by atoms with Crippen LogP contribution in [0.5, 0.6) is 0 Å². The number of esters is 2. The Kier molecular flexibility index (Phi) is 15.9. The molecule has 7 nitrogen and oxygen atoms in total. The first-order valence-electron chi connectivity index (χ1n) is 12.7. The zero-order valence-electron chi connectivity index (χ0n) is 20.4. The van der Waals surface area contributed by atoms with Gasteiger partial charge in [0.1, 0.15) is 24.2 Å². The maximum atomic E-state index is 12.3. The summed E-state index contributed by atoms with van der Waals surface area (Å²) in [6.07, 6.45) is 14.1. The van der Waals surface area contributed by atoms with E-state index in [-0.39, 0.29) is 24.1 Å². The molecule has 0 aromatic rings. The Morgan fingerprint density at radius 1 is 1.03 bits per heavy atom. The first-order valence-corrected chi connectivity index (χ1v) is 12.7. The van der Waals surface area contributed by atoms with Crippen LogP contribution in [0.1, 0.15) is 104 Å². The Morgan fingerprint density at radius 3 is 2.25 bits per heavy atom. The highest BCUT2D eigenvalue weighted by Crippen LogP contribution is 2.29. The Bertz CT molecular complexity index is 527. The van der Waals surface area contributed by atoms with Gasteiger partial charge in [0.2, 0.25) is 6.41 Å². The fourth-order valence-corrected chi connectivity index (χ4v) is 3.85. The summed E-state index contributed by atoms with van der Waals surface area (Å²) in [4.78, 5) is 34.8. The molecule has 1 amide bonds. The maximum Gasteiger partial charge on any atom is 0.328 e. The number of hydrogen-bond donors (Lipinski definition) is 1. The van der Waals surface area contributed by atoms with E-state index in [1.54, 1.807) is 6.92 Å². The average Bonchev–Trinajstić information content (AvgIpc) is 2.77. The number of nitrogens with one attached hydrogen (secondary N) is 1. The standard InChI is InChI=1S/C25H45NO6/c1-4-6-8-9-10-11-12-13-14-15-21(31-24(28)20(3)26-19-27)17-23-22(25(29)32-23)18-30-16-7-5-2/h19-23H,4-18H2,1-3H3,(H,26,27)/t20-,21-,22-,23-/m0/s1. The summed E-state index contributed by atoms with van der Waals surface area (Å²) in [6.45, 7) is 6.91. The Hall–Kier alpha value is -1.63. The Morgan fingerprint density at radius 2 is 1.66 bits per heavy atom. The van der Waals surface area contributed by atoms with E-state index in [0.29, 0.717) is 26.0 Å². The van der Waals surface area contributed by atoms with Crippen LogP contribution < -0.4 is 5.32 Å². The highest BCUT2D eigenvalue weighted by molar-refractivity contribution is 5.79. The number of carbonyl (C=O) groups excluding carboxylic acids is 3. The molecule has 0 unspecified atom stereocenters. The lowest BCUT2D eigenvalue weighted by molar-refractivity contribution is -0.195. The molecule has 0 saturated carbocycles. The van der Waals surface area contributed by atoms with Gasteiger partial charge in [-0.05, 0) is 26.2 Å². The first-order chi connectivity index (χ1) is 15.5. The zero-order chi connectivity index (χ0) is 23.6. The number of unbranched alkanes of at least 4 members (excludes halogenated alkanes) is 9. The van der Waals surface area contributed by atoms with Gasteiger partial charge in [-0.2, -0.15) is 0 Å². The van der Waals surface area contributed by atoms with Crippen molar-refractivity contribution in [2.75, 3.05) is 13.2 Å². The second-order valence-electron chi connectivity index (χ2n) is 8.93. The highest BCUT2D eigenvalue weighted by atomic mass is 16.6. The largest absolute Gasteiger partial charge is 0.461 e. The van der Waals surface area contributed by atoms with E-state index in [1.807, 2.05) is 0 Å². The van der Waals surface area contributed by atoms with Crippen molar-refractivity contribution in [1.82, 2.24) is 5.32 Å². The van der Waals surface area contributed by atoms with Crippen LogP contribution >= 0.6 is 0 Å². The van der Waals surface area contributed by atoms with Crippen molar-refractivity contribution in [3.05, 3.63) is 0 Å². The molecule has 1 aliphatic rings. The van der Waals surface area contributed by atoms with E-state index in [2.05, 4.69) is 19.2 Å². The van der Waals surface area contributed by atoms with Crippen LogP contribution in [0.4, 0.5) is 0 Å². The Labute approximate surface area is 194 Å². The van der Waals surface area contributed by atoms with Gasteiger partial charge >= 0.3 is 11.9 Å². The van der Waals surface area contributed by atoms with Crippen molar-refractivity contribution in [2.24, 2.45) is 5.92 Å². The second-order valence-corrected chi connectivity index (χ2v) is 8.93. The van der Waals surface area contributed by atoms with Crippen molar-refractivity contribution in [1.29, 1.82) is 0 Å². The van der Waals surface area contributed by atoms with Gasteiger partial charge in [0.15, 0.2) is 0 Å². The van der Waals surface area contributed by atoms with Crippen molar-refractivity contribution >= 4 is 18.3 Å². The van der Waals surface area contributed by atoms with Gasteiger partial charge < -0.3 is 19.5 Å². The van der Waals surface area contributed by atoms with Crippen molar-refractivity contribution in [2.45, 2.75) is 122 Å². The maximum absolute atomic E-state index is 12.3. The van der Waals surface area contributed by atoms with Gasteiger partial charge in [0.25, 0.3) is 0 Å². The van der Waals surface area contributed by atoms with Crippen molar-refractivity contribution in [3.63, 3.8) is 0 Å². The van der Waals surface area contributed by atoms with Gasteiger partial charge in [-0.25, -0.2) is 4.79 Å². The molecule has 0 spiro atoms. The van der Waals surface area contributed by atoms with E-state index in [0.717, 1.165) is 32.1 Å². The SMILES string of the molecule is CCCCCCCCCCC[C@@H](C[C@@H]1OC(=O)[C@H]1COCCCC)OC(=O)[C@H](C)NC=O. The smallest absolute Gasteiger partial charge is 0.328 e. The van der Waals surface area contributed by atoms with E-state index >= 15 is 0 Å². The van der Waals surface area contributed by atoms with Gasteiger partial charge in [0.05, 0.1) is 6.61 Å². The fraction of sp³-hybridized carbons (Fsp3) is 0.880. The van der Waals surface area contributed by atoms with Crippen LogP contribution in [0.25, 0.3) is 0 Å². The monoisotopic (exact) mass is 455 g/mol. The molecule has 1 saturated heterocycles. The molecule has 186 valence electrons. The van der Waals surface area contributed by atoms with Crippen LogP contribution in [0, 0.1) is 5.92 Å². The number of ether oxygens (including phenoxy) is 3. The lowest BCUT2D eigenvalue weighted by Gasteiger charge is -2.37. The number of rotatable bonds is 21. The summed E-state index contributed by atoms with van der Waals surface area (Å²) >= 11 is 0. The third-order valence-corrected chi connectivity index (χ3v) is 6.04. The second kappa shape index (κ2) is 17.9. The third-order valence-electron chi connectivity index (χ3n) is 6.04. The molecule has 1 heterocycles. The number of cyclic esters (lactones) is 1. The topological polar surface area (TPSA) is 90.9 Å². The van der Waals surface area contributed by atoms with Gasteiger partial charge in [-0.3, -0.25) is 9.59 Å². The number of amides is 1. The molecule has 0 aliphatic carbocycles. The molecule has 1 aliphatic heterocycles. The number of hydrogen-bond acceptors (Lipinski definition) is 6. The summed E-state index contributed by atoms with van der Waals surface area (Å²) in [5.41, 5.74) is 0. The lowest BCUT2D eigenvalue weighted by atomic mass is 9.91. The minimum atomic E-state index is -0.699. The zero-order valence-corrected chi connectivity index (χ0v) is 20.4. The molecular weight excluding hydrogens is 410 g/mol. The molecular formula is C25H45NO6. The fourth-order valence-electron chi connectivity index (χ4n) is 3.85. The molecule has 7 heteroatoms. The first kappa shape index (κ1) is 28.4. The van der Waals surface area contributed by atoms with Crippen LogP contribution in [0.2, 0.25) is 0 Å². The molecule has 1 N–H and O–H groups in total. The Balaban J connectivity index is 2.44. The summed E-state index contributed by atoms with van der Waals surface area (Å²) in [6, 6.07) is -0.699. The van der Waals surface area contributed by atoms with Gasteiger partial charge in [-0.1, -0.05) is 71.6 Å². The van der Waals surface area contributed by atoms with E-state index < -0.39 is 12.0 Å². The molecule has 4 atom stereocenters. The molecule has 32 heavy (non-hydrogen) atoms. The summed E-state index contributed by atoms with van der Waals surface area (Å²) < 4.78 is 16.6. The van der Waals surface area contributed by atoms with Crippen LogP contribution in [0.15, 0.2) is 0 Å². The normalized spacial score (nSPS) is 19.5. The van der Waals surface area contributed by atoms with E-state index in [1.165, 1.54) is 44.9 Å². The third kappa shape index (κ3) is 11.8. The summed E-state index contributed by atoms with van der Waals surface area (Å²) in [5.74, 6) is -0.989. The molecule has 1 rings (SSSR count).